The number of aryl methyl sites for hydroxylation is 2. The quantitative estimate of drug-likeness (QED) is 0.495. The third kappa shape index (κ3) is 3.11. The first-order valence-electron chi connectivity index (χ1n) is 5.04. The SMILES string of the molecule is CCc1nsc(Sc2cc(NN)nc(C)n2)n1. The van der Waals surface area contributed by atoms with Crippen LogP contribution in [0.2, 0.25) is 0 Å². The summed E-state index contributed by atoms with van der Waals surface area (Å²) in [6.45, 7) is 3.85. The summed E-state index contributed by atoms with van der Waals surface area (Å²) in [7, 11) is 0. The molecule has 0 aliphatic rings. The van der Waals surface area contributed by atoms with Gasteiger partial charge in [-0.15, -0.1) is 0 Å². The van der Waals surface area contributed by atoms with Gasteiger partial charge in [-0.05, 0) is 30.2 Å². The van der Waals surface area contributed by atoms with Crippen molar-refractivity contribution in [2.75, 3.05) is 5.43 Å². The molecule has 0 unspecified atom stereocenters. The van der Waals surface area contributed by atoms with Gasteiger partial charge in [0.05, 0.1) is 0 Å². The number of hydrogen-bond donors (Lipinski definition) is 2. The van der Waals surface area contributed by atoms with Gasteiger partial charge in [-0.3, -0.25) is 0 Å². The van der Waals surface area contributed by atoms with Crippen molar-refractivity contribution in [1.29, 1.82) is 0 Å². The zero-order valence-corrected chi connectivity index (χ0v) is 11.1. The number of hydrogen-bond acceptors (Lipinski definition) is 8. The van der Waals surface area contributed by atoms with Crippen LogP contribution in [0, 0.1) is 6.92 Å². The minimum absolute atomic E-state index is 0.597. The van der Waals surface area contributed by atoms with Gasteiger partial charge in [0, 0.05) is 12.5 Å². The number of rotatable bonds is 4. The summed E-state index contributed by atoms with van der Waals surface area (Å²) in [6, 6.07) is 1.78. The average Bonchev–Trinajstić information content (AvgIpc) is 2.76. The lowest BCUT2D eigenvalue weighted by molar-refractivity contribution is 0.954. The van der Waals surface area contributed by atoms with E-state index >= 15 is 0 Å². The van der Waals surface area contributed by atoms with Crippen molar-refractivity contribution in [3.63, 3.8) is 0 Å². The van der Waals surface area contributed by atoms with E-state index in [0.717, 1.165) is 21.6 Å². The van der Waals surface area contributed by atoms with Crippen molar-refractivity contribution in [2.24, 2.45) is 5.84 Å². The number of nitrogens with zero attached hydrogens (tertiary/aromatic N) is 4. The van der Waals surface area contributed by atoms with E-state index in [1.54, 1.807) is 6.07 Å². The molecule has 0 amide bonds. The smallest absolute Gasteiger partial charge is 0.176 e. The van der Waals surface area contributed by atoms with E-state index in [4.69, 9.17) is 5.84 Å². The molecule has 0 aromatic carbocycles. The molecule has 17 heavy (non-hydrogen) atoms. The Morgan fingerprint density at radius 3 is 2.88 bits per heavy atom. The van der Waals surface area contributed by atoms with Crippen LogP contribution in [0.1, 0.15) is 18.6 Å². The first-order valence-corrected chi connectivity index (χ1v) is 6.63. The maximum absolute atomic E-state index is 5.33. The van der Waals surface area contributed by atoms with Gasteiger partial charge < -0.3 is 5.43 Å². The Bertz CT molecular complexity index is 512. The van der Waals surface area contributed by atoms with Crippen molar-refractivity contribution in [1.82, 2.24) is 19.3 Å². The van der Waals surface area contributed by atoms with Gasteiger partial charge in [-0.1, -0.05) is 6.92 Å². The van der Waals surface area contributed by atoms with Crippen molar-refractivity contribution in [2.45, 2.75) is 29.6 Å². The number of hydrazine groups is 1. The molecule has 0 bridgehead atoms. The molecule has 0 fully saturated rings. The molecule has 0 saturated heterocycles. The molecule has 0 aliphatic carbocycles. The Kier molecular flexibility index (Phi) is 3.87. The molecule has 2 aromatic heterocycles. The van der Waals surface area contributed by atoms with Crippen LogP contribution in [0.4, 0.5) is 5.82 Å². The molecule has 2 aromatic rings. The molecule has 2 heterocycles. The number of aromatic nitrogens is 4. The summed E-state index contributed by atoms with van der Waals surface area (Å²) in [6.07, 6.45) is 0.843. The Morgan fingerprint density at radius 1 is 1.41 bits per heavy atom. The van der Waals surface area contributed by atoms with Gasteiger partial charge in [0.25, 0.3) is 0 Å². The minimum Gasteiger partial charge on any atom is -0.308 e. The molecular weight excluding hydrogens is 256 g/mol. The minimum atomic E-state index is 0.597. The standard InChI is InChI=1S/C9H12N6S2/c1-3-6-13-9(17-15-6)16-8-4-7(14-10)11-5(2)12-8/h4H,3,10H2,1-2H3,(H,11,12,14). The van der Waals surface area contributed by atoms with Gasteiger partial charge in [0.1, 0.15) is 22.5 Å². The van der Waals surface area contributed by atoms with Crippen LogP contribution >= 0.6 is 23.3 Å². The fraction of sp³-hybridized carbons (Fsp3) is 0.333. The van der Waals surface area contributed by atoms with E-state index in [1.807, 2.05) is 13.8 Å². The second-order valence-corrected chi connectivity index (χ2v) is 5.23. The zero-order valence-electron chi connectivity index (χ0n) is 9.47. The monoisotopic (exact) mass is 268 g/mol. The molecule has 0 atom stereocenters. The maximum atomic E-state index is 5.33. The van der Waals surface area contributed by atoms with Crippen LogP contribution in [0.15, 0.2) is 15.4 Å². The molecule has 6 nitrogen and oxygen atoms in total. The lowest BCUT2D eigenvalue weighted by Gasteiger charge is -2.02. The van der Waals surface area contributed by atoms with Crippen LogP contribution in [0.25, 0.3) is 0 Å². The van der Waals surface area contributed by atoms with Crippen molar-refractivity contribution in [3.8, 4) is 0 Å². The zero-order chi connectivity index (χ0) is 12.3. The Labute approximate surface area is 107 Å². The third-order valence-corrected chi connectivity index (χ3v) is 3.63. The van der Waals surface area contributed by atoms with Gasteiger partial charge in [-0.2, -0.15) is 4.37 Å². The van der Waals surface area contributed by atoms with Crippen molar-refractivity contribution >= 4 is 29.1 Å². The molecule has 0 spiro atoms. The van der Waals surface area contributed by atoms with Crippen LogP contribution in [-0.2, 0) is 6.42 Å². The lowest BCUT2D eigenvalue weighted by atomic mass is 10.5. The molecular formula is C9H12N6S2. The van der Waals surface area contributed by atoms with Gasteiger partial charge >= 0.3 is 0 Å². The normalized spacial score (nSPS) is 10.5. The third-order valence-electron chi connectivity index (χ3n) is 1.92. The Morgan fingerprint density at radius 2 is 2.24 bits per heavy atom. The lowest BCUT2D eigenvalue weighted by Crippen LogP contribution is -2.09. The summed E-state index contributed by atoms with van der Waals surface area (Å²) >= 11 is 2.84. The number of nitrogen functional groups attached to an aromatic ring is 1. The first kappa shape index (κ1) is 12.2. The highest BCUT2D eigenvalue weighted by atomic mass is 32.2. The van der Waals surface area contributed by atoms with E-state index in [-0.39, 0.29) is 0 Å². The topological polar surface area (TPSA) is 89.6 Å². The Balaban J connectivity index is 2.20. The van der Waals surface area contributed by atoms with E-state index in [0.29, 0.717) is 11.6 Å². The second kappa shape index (κ2) is 5.39. The molecule has 2 rings (SSSR count). The van der Waals surface area contributed by atoms with Gasteiger partial charge in [-0.25, -0.2) is 20.8 Å². The average molecular weight is 268 g/mol. The van der Waals surface area contributed by atoms with Crippen LogP contribution in [0.3, 0.4) is 0 Å². The summed E-state index contributed by atoms with van der Waals surface area (Å²) < 4.78 is 5.10. The molecule has 0 aliphatic heterocycles. The maximum Gasteiger partial charge on any atom is 0.176 e. The highest BCUT2D eigenvalue weighted by Gasteiger charge is 2.07. The Hall–Kier alpha value is -1.25. The first-order chi connectivity index (χ1) is 8.21. The summed E-state index contributed by atoms with van der Waals surface area (Å²) in [5, 5.41) is 0.809. The van der Waals surface area contributed by atoms with Gasteiger partial charge in [0.2, 0.25) is 0 Å². The van der Waals surface area contributed by atoms with Crippen molar-refractivity contribution in [3.05, 3.63) is 17.7 Å². The fourth-order valence-electron chi connectivity index (χ4n) is 1.18. The van der Waals surface area contributed by atoms with Crippen molar-refractivity contribution < 1.29 is 0 Å². The van der Waals surface area contributed by atoms with Gasteiger partial charge in [0.15, 0.2) is 4.34 Å². The van der Waals surface area contributed by atoms with Crippen LogP contribution in [-0.4, -0.2) is 19.3 Å². The number of anilines is 1. The summed E-state index contributed by atoms with van der Waals surface area (Å²) in [4.78, 5) is 12.8. The molecule has 8 heteroatoms. The predicted octanol–water partition coefficient (Wildman–Crippen LogP) is 1.64. The second-order valence-electron chi connectivity index (χ2n) is 3.22. The van der Waals surface area contributed by atoms with E-state index in [1.165, 1.54) is 23.3 Å². The summed E-state index contributed by atoms with van der Waals surface area (Å²) in [5.74, 6) is 7.46. The van der Waals surface area contributed by atoms with Crippen LogP contribution in [0.5, 0.6) is 0 Å². The highest BCUT2D eigenvalue weighted by Crippen LogP contribution is 2.28. The molecule has 90 valence electrons. The fourth-order valence-corrected chi connectivity index (χ4v) is 2.87. The molecule has 0 saturated carbocycles. The highest BCUT2D eigenvalue weighted by molar-refractivity contribution is 8.00. The molecule has 3 N–H and O–H groups in total. The van der Waals surface area contributed by atoms with Crippen LogP contribution < -0.4 is 11.3 Å². The number of nitrogens with one attached hydrogen (secondary N) is 1. The summed E-state index contributed by atoms with van der Waals surface area (Å²) in [5.41, 5.74) is 2.51. The van der Waals surface area contributed by atoms with E-state index < -0.39 is 0 Å². The molecule has 0 radical (unpaired) electrons. The van der Waals surface area contributed by atoms with E-state index in [9.17, 15) is 0 Å². The predicted molar refractivity (Wildman–Crippen MR) is 68.0 cm³/mol. The number of nitrogens with two attached hydrogens (primary N) is 1. The van der Waals surface area contributed by atoms with E-state index in [2.05, 4.69) is 24.8 Å². The largest absolute Gasteiger partial charge is 0.308 e.